The minimum atomic E-state index is -3.13. The van der Waals surface area contributed by atoms with Crippen molar-refractivity contribution < 1.29 is 23.8 Å². The van der Waals surface area contributed by atoms with Crippen LogP contribution >= 0.6 is 8.25 Å². The van der Waals surface area contributed by atoms with Crippen LogP contribution in [0.1, 0.15) is 0 Å². The summed E-state index contributed by atoms with van der Waals surface area (Å²) in [7, 11) is -3.13. The van der Waals surface area contributed by atoms with Gasteiger partial charge in [0.2, 0.25) is 0 Å². The first kappa shape index (κ1) is 22.7. The second-order valence-corrected chi connectivity index (χ2v) is 1.10. The molecular formula is C2H12FN2O4P. The van der Waals surface area contributed by atoms with Gasteiger partial charge in [0.1, 0.15) is 6.26 Å². The molecular weight excluding hydrogens is 166 g/mol. The van der Waals surface area contributed by atoms with Crippen molar-refractivity contribution in [2.45, 2.75) is 0 Å². The van der Waals surface area contributed by atoms with Gasteiger partial charge in [0.25, 0.3) is 0 Å². The first-order chi connectivity index (χ1) is 3.65. The molecule has 6 nitrogen and oxygen atoms in total. The third kappa shape index (κ3) is 1110. The highest BCUT2D eigenvalue weighted by Crippen LogP contribution is 1.98. The van der Waals surface area contributed by atoms with Gasteiger partial charge in [-0.15, -0.1) is 0 Å². The molecule has 0 radical (unpaired) electrons. The van der Waals surface area contributed by atoms with Crippen LogP contribution in [0.15, 0.2) is 12.8 Å². The molecule has 0 aliphatic rings. The second-order valence-electron chi connectivity index (χ2n) is 0.538. The van der Waals surface area contributed by atoms with Gasteiger partial charge in [-0.1, -0.05) is 6.58 Å². The highest BCUT2D eigenvalue weighted by molar-refractivity contribution is 7.30. The largest absolute Gasteiger partial charge is 0.344 e. The van der Waals surface area contributed by atoms with Gasteiger partial charge in [0.05, 0.1) is 0 Å². The second kappa shape index (κ2) is 23.6. The first-order valence-corrected chi connectivity index (χ1v) is 2.75. The summed E-state index contributed by atoms with van der Waals surface area (Å²) in [6.07, 6.45) is 0.708. The Morgan fingerprint density at radius 1 is 1.50 bits per heavy atom. The molecule has 10 heavy (non-hydrogen) atoms. The molecule has 8 N–H and O–H groups in total. The van der Waals surface area contributed by atoms with E-state index in [1.807, 2.05) is 0 Å². The Kier molecular flexibility index (Phi) is 53.4. The molecule has 0 aromatic carbocycles. The zero-order valence-corrected chi connectivity index (χ0v) is 6.29. The molecule has 0 heterocycles. The van der Waals surface area contributed by atoms with Crippen LogP contribution in [0.25, 0.3) is 0 Å². The number of hydrogen-bond donors (Lipinski definition) is 4. The molecule has 66 valence electrons. The van der Waals surface area contributed by atoms with E-state index in [1.54, 1.807) is 0 Å². The lowest BCUT2D eigenvalue weighted by atomic mass is 11.2. The van der Waals surface area contributed by atoms with Gasteiger partial charge in [0.15, 0.2) is 0 Å². The van der Waals surface area contributed by atoms with E-state index in [9.17, 15) is 4.53 Å². The quantitative estimate of drug-likeness (QED) is 0.344. The predicted molar refractivity (Wildman–Crippen MR) is 35.9 cm³/mol. The summed E-state index contributed by atoms with van der Waals surface area (Å²) in [5, 5.41) is 0. The van der Waals surface area contributed by atoms with Crippen LogP contribution in [0.2, 0.25) is 0 Å². The standard InChI is InChI=1S/C2H3FO.2H3N.H3O3P/c1-2-4-3;;;1-4(2)3/h2H,1H2;2*1H3;4H,(H2,1,2,3). The fourth-order valence-corrected chi connectivity index (χ4v) is 0. The van der Waals surface area contributed by atoms with Crippen molar-refractivity contribution in [1.82, 2.24) is 12.3 Å². The normalized spacial score (nSPS) is 5.60. The Morgan fingerprint density at radius 2 is 1.60 bits per heavy atom. The molecule has 0 aromatic heterocycles. The van der Waals surface area contributed by atoms with Crippen molar-refractivity contribution in [1.29, 1.82) is 0 Å². The van der Waals surface area contributed by atoms with Gasteiger partial charge in [0, 0.05) is 4.53 Å². The van der Waals surface area contributed by atoms with Crippen LogP contribution in [0.5, 0.6) is 0 Å². The van der Waals surface area contributed by atoms with Crippen molar-refractivity contribution in [3.8, 4) is 0 Å². The molecule has 0 unspecified atom stereocenters. The lowest BCUT2D eigenvalue weighted by molar-refractivity contribution is -0.0611. The summed E-state index contributed by atoms with van der Waals surface area (Å²) in [6, 6.07) is 0. The number of halogens is 1. The van der Waals surface area contributed by atoms with Crippen molar-refractivity contribution in [2.24, 2.45) is 0 Å². The van der Waals surface area contributed by atoms with Crippen LogP contribution in [0.4, 0.5) is 4.53 Å². The van der Waals surface area contributed by atoms with Crippen molar-refractivity contribution in [3.63, 3.8) is 0 Å². The third-order valence-electron chi connectivity index (χ3n) is 0.0630. The maximum Gasteiger partial charge on any atom is 0.314 e. The lowest BCUT2D eigenvalue weighted by Gasteiger charge is -1.62. The molecule has 0 saturated carbocycles. The molecule has 0 saturated heterocycles. The monoisotopic (exact) mass is 178 g/mol. The highest BCUT2D eigenvalue weighted by Gasteiger charge is 1.61. The predicted octanol–water partition coefficient (Wildman–Crippen LogP) is 0.716. The molecule has 0 aromatic rings. The summed E-state index contributed by atoms with van der Waals surface area (Å²) in [4.78, 5) is 17.1. The molecule has 0 amide bonds. The summed E-state index contributed by atoms with van der Waals surface area (Å²) in [6.45, 7) is 2.88. The average molecular weight is 178 g/mol. The minimum Gasteiger partial charge on any atom is -0.344 e. The van der Waals surface area contributed by atoms with E-state index in [1.165, 1.54) is 0 Å². The highest BCUT2D eigenvalue weighted by atomic mass is 31.1. The molecule has 0 aliphatic heterocycles. The Morgan fingerprint density at radius 3 is 1.60 bits per heavy atom. The lowest BCUT2D eigenvalue weighted by Crippen LogP contribution is -1.41. The minimum absolute atomic E-state index is 0. The van der Waals surface area contributed by atoms with Gasteiger partial charge in [-0.25, -0.2) is 0 Å². The van der Waals surface area contributed by atoms with E-state index in [2.05, 4.69) is 11.5 Å². The summed E-state index contributed by atoms with van der Waals surface area (Å²) in [5.74, 6) is 0. The van der Waals surface area contributed by atoms with Crippen LogP contribution < -0.4 is 12.3 Å². The molecule has 0 spiro atoms. The maximum atomic E-state index is 10.1. The SMILES string of the molecule is C=COF.N.N.O=[PH](O)O. The first-order valence-electron chi connectivity index (χ1n) is 1.45. The van der Waals surface area contributed by atoms with E-state index in [4.69, 9.17) is 14.4 Å². The van der Waals surface area contributed by atoms with Gasteiger partial charge in [-0.05, 0) is 0 Å². The molecule has 8 heteroatoms. The van der Waals surface area contributed by atoms with E-state index < -0.39 is 8.25 Å². The maximum absolute atomic E-state index is 10.1. The average Bonchev–Trinajstić information content (AvgIpc) is 1.65. The van der Waals surface area contributed by atoms with Gasteiger partial charge < -0.3 is 27.0 Å². The summed E-state index contributed by atoms with van der Waals surface area (Å²) in [5.41, 5.74) is 0. The Labute approximate surface area is 58.3 Å². The van der Waals surface area contributed by atoms with Crippen molar-refractivity contribution >= 4 is 8.25 Å². The van der Waals surface area contributed by atoms with Crippen molar-refractivity contribution in [2.75, 3.05) is 0 Å². The number of rotatable bonds is 1. The Bertz CT molecular complexity index is 77.7. The van der Waals surface area contributed by atoms with E-state index in [0.29, 0.717) is 6.26 Å². The zero-order chi connectivity index (χ0) is 6.99. The zero-order valence-electron chi connectivity index (χ0n) is 5.29. The van der Waals surface area contributed by atoms with Gasteiger partial charge >= 0.3 is 8.25 Å². The van der Waals surface area contributed by atoms with E-state index in [0.717, 1.165) is 0 Å². The topological polar surface area (TPSA) is 137 Å². The van der Waals surface area contributed by atoms with Crippen LogP contribution in [0, 0.1) is 0 Å². The van der Waals surface area contributed by atoms with Gasteiger partial charge in [-0.2, -0.15) is 0 Å². The van der Waals surface area contributed by atoms with Crippen molar-refractivity contribution in [3.05, 3.63) is 12.8 Å². The fraction of sp³-hybridized carbons (Fsp3) is 0. The van der Waals surface area contributed by atoms with E-state index >= 15 is 0 Å². The molecule has 0 rings (SSSR count). The third-order valence-corrected chi connectivity index (χ3v) is 0.0630. The van der Waals surface area contributed by atoms with Crippen LogP contribution in [-0.4, -0.2) is 9.79 Å². The molecule has 0 fully saturated rings. The fourth-order valence-electron chi connectivity index (χ4n) is 0. The number of hydrogen-bond acceptors (Lipinski definition) is 4. The van der Waals surface area contributed by atoms with Crippen LogP contribution in [-0.2, 0) is 9.51 Å². The smallest absolute Gasteiger partial charge is 0.314 e. The van der Waals surface area contributed by atoms with E-state index in [-0.39, 0.29) is 12.3 Å². The molecule has 0 aliphatic carbocycles. The summed E-state index contributed by atoms with van der Waals surface area (Å²) < 4.78 is 18.8. The summed E-state index contributed by atoms with van der Waals surface area (Å²) >= 11 is 0. The van der Waals surface area contributed by atoms with Crippen LogP contribution in [0.3, 0.4) is 0 Å². The Hall–Kier alpha value is -0.460. The molecule has 0 atom stereocenters. The Balaban J connectivity index is -0.0000000300. The van der Waals surface area contributed by atoms with Gasteiger partial charge in [-0.3, -0.25) is 4.57 Å². The molecule has 0 bridgehead atoms.